The van der Waals surface area contributed by atoms with Gasteiger partial charge in [-0.25, -0.2) is 9.78 Å². The van der Waals surface area contributed by atoms with Crippen molar-refractivity contribution in [3.05, 3.63) is 95.4 Å². The molecule has 172 valence electrons. The van der Waals surface area contributed by atoms with Gasteiger partial charge in [-0.1, -0.05) is 30.3 Å². The van der Waals surface area contributed by atoms with E-state index in [0.717, 1.165) is 47.5 Å². The van der Waals surface area contributed by atoms with Crippen LogP contribution in [-0.2, 0) is 24.2 Å². The van der Waals surface area contributed by atoms with Crippen LogP contribution in [0.3, 0.4) is 0 Å². The molecule has 4 aromatic rings. The normalized spacial score (nSPS) is 12.9. The number of nitrogens with one attached hydrogen (secondary N) is 2. The van der Waals surface area contributed by atoms with Crippen molar-refractivity contribution in [1.82, 2.24) is 14.7 Å². The van der Waals surface area contributed by atoms with Crippen LogP contribution in [0.2, 0.25) is 0 Å². The molecule has 3 heterocycles. The van der Waals surface area contributed by atoms with Gasteiger partial charge in [0.25, 0.3) is 0 Å². The molecule has 0 bridgehead atoms. The Labute approximate surface area is 198 Å². The minimum Gasteiger partial charge on any atom is -0.332 e. The van der Waals surface area contributed by atoms with Gasteiger partial charge in [0.1, 0.15) is 5.65 Å². The fraction of sp³-hybridized carbons (Fsp3) is 0.222. The third-order valence-electron chi connectivity index (χ3n) is 6.07. The lowest BCUT2D eigenvalue weighted by Crippen LogP contribution is -2.36. The first kappa shape index (κ1) is 21.7. The van der Waals surface area contributed by atoms with Gasteiger partial charge in [0.15, 0.2) is 0 Å². The fourth-order valence-corrected chi connectivity index (χ4v) is 4.34. The van der Waals surface area contributed by atoms with Crippen LogP contribution in [0.1, 0.15) is 28.8 Å². The predicted octanol–water partition coefficient (Wildman–Crippen LogP) is 4.49. The molecule has 34 heavy (non-hydrogen) atoms. The number of nitrogens with zero attached hydrogens (tertiary/aromatic N) is 3. The summed E-state index contributed by atoms with van der Waals surface area (Å²) >= 11 is 0. The Morgan fingerprint density at radius 3 is 2.74 bits per heavy atom. The number of para-hydroxylation sites is 1. The quantitative estimate of drug-likeness (QED) is 0.467. The summed E-state index contributed by atoms with van der Waals surface area (Å²) in [5.41, 5.74) is 6.62. The monoisotopic (exact) mass is 453 g/mol. The van der Waals surface area contributed by atoms with Crippen LogP contribution in [0, 0.1) is 6.92 Å². The number of imidazole rings is 1. The summed E-state index contributed by atoms with van der Waals surface area (Å²) in [6.07, 6.45) is 6.18. The Hall–Kier alpha value is -4.13. The Balaban J connectivity index is 1.15. The number of aromatic nitrogens is 2. The van der Waals surface area contributed by atoms with Crippen LogP contribution >= 0.6 is 0 Å². The van der Waals surface area contributed by atoms with E-state index in [1.807, 2.05) is 83.2 Å². The molecule has 0 saturated carbocycles. The van der Waals surface area contributed by atoms with E-state index in [2.05, 4.69) is 21.7 Å². The number of hydrogen-bond acceptors (Lipinski definition) is 3. The van der Waals surface area contributed by atoms with Gasteiger partial charge in [0.2, 0.25) is 5.91 Å². The van der Waals surface area contributed by atoms with Crippen LogP contribution in [-0.4, -0.2) is 27.9 Å². The van der Waals surface area contributed by atoms with Crippen molar-refractivity contribution in [2.24, 2.45) is 0 Å². The molecule has 0 radical (unpaired) electrons. The number of fused-ring (bicyclic) bond motifs is 2. The van der Waals surface area contributed by atoms with Crippen LogP contribution in [0.25, 0.3) is 5.65 Å². The lowest BCUT2D eigenvalue weighted by Gasteiger charge is -2.29. The number of rotatable bonds is 5. The molecule has 2 aromatic carbocycles. The van der Waals surface area contributed by atoms with Gasteiger partial charge in [-0.05, 0) is 66.8 Å². The molecule has 7 nitrogen and oxygen atoms in total. The van der Waals surface area contributed by atoms with E-state index in [9.17, 15) is 9.59 Å². The maximum atomic E-state index is 12.9. The number of carbonyl (C=O) groups is 2. The molecule has 2 aromatic heterocycles. The van der Waals surface area contributed by atoms with E-state index in [4.69, 9.17) is 0 Å². The van der Waals surface area contributed by atoms with Crippen LogP contribution < -0.4 is 15.5 Å². The second kappa shape index (κ2) is 9.39. The SMILES string of the molecule is Cc1ccn2cc(CNC(=O)Nc3ccc(CC(=O)N4CCCc5ccccc54)cc3)nc2c1. The van der Waals surface area contributed by atoms with Crippen molar-refractivity contribution in [2.45, 2.75) is 32.7 Å². The van der Waals surface area contributed by atoms with Gasteiger partial charge in [0.05, 0.1) is 18.7 Å². The van der Waals surface area contributed by atoms with Crippen LogP contribution in [0.4, 0.5) is 16.2 Å². The molecule has 7 heteroatoms. The lowest BCUT2D eigenvalue weighted by molar-refractivity contribution is -0.118. The van der Waals surface area contributed by atoms with Crippen molar-refractivity contribution < 1.29 is 9.59 Å². The highest BCUT2D eigenvalue weighted by atomic mass is 16.2. The van der Waals surface area contributed by atoms with E-state index >= 15 is 0 Å². The van der Waals surface area contributed by atoms with Crippen molar-refractivity contribution in [2.75, 3.05) is 16.8 Å². The maximum absolute atomic E-state index is 12.9. The minimum atomic E-state index is -0.304. The van der Waals surface area contributed by atoms with Gasteiger partial charge in [-0.3, -0.25) is 4.79 Å². The Morgan fingerprint density at radius 1 is 1.06 bits per heavy atom. The number of pyridine rings is 1. The molecule has 0 unspecified atom stereocenters. The summed E-state index contributed by atoms with van der Waals surface area (Å²) in [6.45, 7) is 3.10. The van der Waals surface area contributed by atoms with Crippen molar-refractivity contribution in [3.8, 4) is 0 Å². The molecule has 0 saturated heterocycles. The van der Waals surface area contributed by atoms with Gasteiger partial charge >= 0.3 is 6.03 Å². The Kier molecular flexibility index (Phi) is 5.99. The van der Waals surface area contributed by atoms with E-state index in [1.54, 1.807) is 0 Å². The molecule has 0 spiro atoms. The summed E-state index contributed by atoms with van der Waals surface area (Å²) in [6, 6.07) is 19.2. The predicted molar refractivity (Wildman–Crippen MR) is 133 cm³/mol. The molecule has 5 rings (SSSR count). The average Bonchev–Trinajstić information content (AvgIpc) is 3.25. The van der Waals surface area contributed by atoms with E-state index in [-0.39, 0.29) is 11.9 Å². The highest BCUT2D eigenvalue weighted by Crippen LogP contribution is 2.27. The number of amides is 3. The van der Waals surface area contributed by atoms with Crippen LogP contribution in [0.5, 0.6) is 0 Å². The van der Waals surface area contributed by atoms with Crippen molar-refractivity contribution in [3.63, 3.8) is 0 Å². The summed E-state index contributed by atoms with van der Waals surface area (Å²) in [5, 5.41) is 5.67. The van der Waals surface area contributed by atoms with Gasteiger partial charge in [-0.15, -0.1) is 0 Å². The fourth-order valence-electron chi connectivity index (χ4n) is 4.34. The standard InChI is InChI=1S/C27H27N5O2/c1-19-12-14-31-18-23(29-25(31)15-19)17-28-27(34)30-22-10-8-20(9-11-22)16-26(33)32-13-4-6-21-5-2-3-7-24(21)32/h2-3,5,7-12,14-15,18H,4,6,13,16-17H2,1H3,(H2,28,30,34). The molecule has 1 aliphatic rings. The minimum absolute atomic E-state index is 0.0910. The first-order valence-electron chi connectivity index (χ1n) is 11.5. The summed E-state index contributed by atoms with van der Waals surface area (Å²) in [7, 11) is 0. The van der Waals surface area contributed by atoms with E-state index in [1.165, 1.54) is 5.56 Å². The highest BCUT2D eigenvalue weighted by Gasteiger charge is 2.22. The topological polar surface area (TPSA) is 78.7 Å². The third-order valence-corrected chi connectivity index (χ3v) is 6.07. The summed E-state index contributed by atoms with van der Waals surface area (Å²) in [5.74, 6) is 0.0910. The molecule has 0 fully saturated rings. The first-order valence-corrected chi connectivity index (χ1v) is 11.5. The van der Waals surface area contributed by atoms with Gasteiger partial charge in [-0.2, -0.15) is 0 Å². The highest BCUT2D eigenvalue weighted by molar-refractivity contribution is 5.96. The van der Waals surface area contributed by atoms with Crippen molar-refractivity contribution in [1.29, 1.82) is 0 Å². The lowest BCUT2D eigenvalue weighted by atomic mass is 10.0. The number of anilines is 2. The van der Waals surface area contributed by atoms with Crippen molar-refractivity contribution >= 4 is 29.0 Å². The largest absolute Gasteiger partial charge is 0.332 e. The number of benzene rings is 2. The number of carbonyl (C=O) groups excluding carboxylic acids is 2. The maximum Gasteiger partial charge on any atom is 0.319 e. The molecule has 2 N–H and O–H groups in total. The zero-order valence-electron chi connectivity index (χ0n) is 19.1. The van der Waals surface area contributed by atoms with E-state index < -0.39 is 0 Å². The van der Waals surface area contributed by atoms with Crippen LogP contribution in [0.15, 0.2) is 73.1 Å². The zero-order valence-corrected chi connectivity index (χ0v) is 19.1. The molecular weight excluding hydrogens is 426 g/mol. The number of aryl methyl sites for hydroxylation is 2. The first-order chi connectivity index (χ1) is 16.5. The third kappa shape index (κ3) is 4.78. The average molecular weight is 454 g/mol. The number of urea groups is 1. The van der Waals surface area contributed by atoms with E-state index in [0.29, 0.717) is 18.7 Å². The van der Waals surface area contributed by atoms with Gasteiger partial charge < -0.3 is 19.9 Å². The zero-order chi connectivity index (χ0) is 23.5. The molecule has 0 aliphatic carbocycles. The molecule has 0 atom stereocenters. The van der Waals surface area contributed by atoms with Gasteiger partial charge in [0, 0.05) is 30.3 Å². The molecule has 1 aliphatic heterocycles. The number of hydrogen-bond donors (Lipinski definition) is 2. The smallest absolute Gasteiger partial charge is 0.319 e. The Bertz CT molecular complexity index is 1340. The summed E-state index contributed by atoms with van der Waals surface area (Å²) < 4.78 is 1.93. The second-order valence-electron chi connectivity index (χ2n) is 8.66. The summed E-state index contributed by atoms with van der Waals surface area (Å²) in [4.78, 5) is 31.7. The second-order valence-corrected chi connectivity index (χ2v) is 8.66. The molecule has 3 amide bonds. The molecular formula is C27H27N5O2. The Morgan fingerprint density at radius 2 is 1.88 bits per heavy atom.